The lowest BCUT2D eigenvalue weighted by Gasteiger charge is -2.36. The number of aliphatic carboxylic acids is 1. The molecule has 1 atom stereocenters. The smallest absolute Gasteiger partial charge is 0.304 e. The first-order chi connectivity index (χ1) is 12.3. The van der Waals surface area contributed by atoms with E-state index in [9.17, 15) is 14.7 Å². The Balaban J connectivity index is 2.12. The normalized spacial score (nSPS) is 17.7. The van der Waals surface area contributed by atoms with Crippen LogP contribution in [-0.4, -0.2) is 29.6 Å². The van der Waals surface area contributed by atoms with Crippen molar-refractivity contribution in [1.82, 2.24) is 0 Å². The Labute approximate surface area is 157 Å². The minimum atomic E-state index is -0.905. The molecule has 0 radical (unpaired) electrons. The van der Waals surface area contributed by atoms with E-state index in [4.69, 9.17) is 16.3 Å². The molecule has 6 heteroatoms. The second kappa shape index (κ2) is 6.65. The number of rotatable bonds is 4. The Morgan fingerprint density at radius 3 is 2.42 bits per heavy atom. The fourth-order valence-electron chi connectivity index (χ4n) is 3.62. The first-order valence-electron chi connectivity index (χ1n) is 8.25. The summed E-state index contributed by atoms with van der Waals surface area (Å²) in [5, 5.41) is 9.93. The van der Waals surface area contributed by atoms with Crippen LogP contribution in [0.5, 0.6) is 5.75 Å². The standard InChI is InChI=1S/C20H20ClNO4/c1-20(2)16(11-18(23)24)15-10-14(26-3)8-9-17(15)22(20)19(25)12-4-6-13(21)7-5-12/h4-10,16H,11H2,1-3H3,(H,23,24). The zero-order valence-electron chi connectivity index (χ0n) is 14.8. The molecule has 0 spiro atoms. The van der Waals surface area contributed by atoms with Crippen LogP contribution in [0.3, 0.4) is 0 Å². The van der Waals surface area contributed by atoms with E-state index in [1.165, 1.54) is 0 Å². The van der Waals surface area contributed by atoms with Gasteiger partial charge >= 0.3 is 5.97 Å². The van der Waals surface area contributed by atoms with Crippen molar-refractivity contribution in [2.45, 2.75) is 31.7 Å². The molecule has 0 aliphatic carbocycles. The molecule has 0 fully saturated rings. The quantitative estimate of drug-likeness (QED) is 0.865. The lowest BCUT2D eigenvalue weighted by Crippen LogP contribution is -2.47. The van der Waals surface area contributed by atoms with Gasteiger partial charge in [-0.3, -0.25) is 9.59 Å². The molecule has 0 aromatic heterocycles. The molecule has 1 amide bonds. The number of carboxylic acids is 1. The van der Waals surface area contributed by atoms with Crippen LogP contribution in [0.4, 0.5) is 5.69 Å². The topological polar surface area (TPSA) is 66.8 Å². The van der Waals surface area contributed by atoms with Crippen LogP contribution in [0, 0.1) is 0 Å². The largest absolute Gasteiger partial charge is 0.497 e. The van der Waals surface area contributed by atoms with E-state index in [0.29, 0.717) is 22.0 Å². The maximum absolute atomic E-state index is 13.2. The van der Waals surface area contributed by atoms with Crippen molar-refractivity contribution in [3.8, 4) is 5.75 Å². The molecule has 1 N–H and O–H groups in total. The van der Waals surface area contributed by atoms with Crippen LogP contribution in [0.1, 0.15) is 42.1 Å². The molecular formula is C20H20ClNO4. The van der Waals surface area contributed by atoms with Crippen molar-refractivity contribution >= 4 is 29.2 Å². The predicted octanol–water partition coefficient (Wildman–Crippen LogP) is 4.35. The summed E-state index contributed by atoms with van der Waals surface area (Å²) in [6.45, 7) is 3.78. The van der Waals surface area contributed by atoms with E-state index in [1.54, 1.807) is 42.3 Å². The summed E-state index contributed by atoms with van der Waals surface area (Å²) in [4.78, 5) is 26.3. The van der Waals surface area contributed by atoms with Crippen molar-refractivity contribution in [3.63, 3.8) is 0 Å². The van der Waals surface area contributed by atoms with E-state index in [1.807, 2.05) is 26.0 Å². The number of methoxy groups -OCH3 is 1. The molecule has 0 bridgehead atoms. The van der Waals surface area contributed by atoms with Crippen molar-refractivity contribution in [1.29, 1.82) is 0 Å². The summed E-state index contributed by atoms with van der Waals surface area (Å²) >= 11 is 5.92. The van der Waals surface area contributed by atoms with Gasteiger partial charge in [0.15, 0.2) is 0 Å². The highest BCUT2D eigenvalue weighted by molar-refractivity contribution is 6.30. The third-order valence-corrected chi connectivity index (χ3v) is 5.21. The van der Waals surface area contributed by atoms with E-state index >= 15 is 0 Å². The maximum atomic E-state index is 13.2. The van der Waals surface area contributed by atoms with Gasteiger partial charge in [0.05, 0.1) is 19.1 Å². The Hall–Kier alpha value is -2.53. The third kappa shape index (κ3) is 3.03. The van der Waals surface area contributed by atoms with Gasteiger partial charge in [0.1, 0.15) is 5.75 Å². The molecule has 0 saturated heterocycles. The van der Waals surface area contributed by atoms with Gasteiger partial charge < -0.3 is 14.7 Å². The highest BCUT2D eigenvalue weighted by atomic mass is 35.5. The number of amides is 1. The number of carbonyl (C=O) groups excluding carboxylic acids is 1. The van der Waals surface area contributed by atoms with Gasteiger partial charge in [0.25, 0.3) is 5.91 Å². The van der Waals surface area contributed by atoms with Gasteiger partial charge in [-0.15, -0.1) is 0 Å². The van der Waals surface area contributed by atoms with E-state index < -0.39 is 11.5 Å². The van der Waals surface area contributed by atoms with Crippen LogP contribution in [0.15, 0.2) is 42.5 Å². The number of anilines is 1. The highest BCUT2D eigenvalue weighted by Gasteiger charge is 2.48. The number of halogens is 1. The number of hydrogen-bond acceptors (Lipinski definition) is 3. The first kappa shape index (κ1) is 18.3. The Bertz CT molecular complexity index is 861. The molecule has 1 heterocycles. The molecule has 136 valence electrons. The average molecular weight is 374 g/mol. The summed E-state index contributed by atoms with van der Waals surface area (Å²) in [5.74, 6) is -0.805. The van der Waals surface area contributed by atoms with Crippen molar-refractivity contribution in [3.05, 3.63) is 58.6 Å². The summed E-state index contributed by atoms with van der Waals surface area (Å²) in [6.07, 6.45) is -0.0719. The summed E-state index contributed by atoms with van der Waals surface area (Å²) in [5.41, 5.74) is 1.31. The van der Waals surface area contributed by atoms with Gasteiger partial charge in [-0.25, -0.2) is 0 Å². The maximum Gasteiger partial charge on any atom is 0.304 e. The third-order valence-electron chi connectivity index (χ3n) is 4.95. The van der Waals surface area contributed by atoms with Crippen LogP contribution in [0.2, 0.25) is 5.02 Å². The Morgan fingerprint density at radius 2 is 1.85 bits per heavy atom. The summed E-state index contributed by atoms with van der Waals surface area (Å²) in [7, 11) is 1.56. The molecule has 0 saturated carbocycles. The van der Waals surface area contributed by atoms with Crippen LogP contribution in [-0.2, 0) is 4.79 Å². The second-order valence-corrected chi connectivity index (χ2v) is 7.31. The van der Waals surface area contributed by atoms with Gasteiger partial charge in [0, 0.05) is 22.2 Å². The monoisotopic (exact) mass is 373 g/mol. The fourth-order valence-corrected chi connectivity index (χ4v) is 3.74. The molecular weight excluding hydrogens is 354 g/mol. The van der Waals surface area contributed by atoms with Crippen LogP contribution in [0.25, 0.3) is 0 Å². The van der Waals surface area contributed by atoms with E-state index in [0.717, 1.165) is 5.56 Å². The van der Waals surface area contributed by atoms with Crippen molar-refractivity contribution in [2.24, 2.45) is 0 Å². The van der Waals surface area contributed by atoms with Crippen molar-refractivity contribution < 1.29 is 19.4 Å². The minimum Gasteiger partial charge on any atom is -0.497 e. The molecule has 1 unspecified atom stereocenters. The second-order valence-electron chi connectivity index (χ2n) is 6.88. The molecule has 1 aliphatic heterocycles. The molecule has 5 nitrogen and oxygen atoms in total. The predicted molar refractivity (Wildman–Crippen MR) is 100 cm³/mol. The molecule has 1 aliphatic rings. The number of hydrogen-bond donors (Lipinski definition) is 1. The number of benzene rings is 2. The van der Waals surface area contributed by atoms with Gasteiger partial charge in [-0.2, -0.15) is 0 Å². The molecule has 3 rings (SSSR count). The minimum absolute atomic E-state index is 0.0719. The van der Waals surface area contributed by atoms with Gasteiger partial charge in [0.2, 0.25) is 0 Å². The lowest BCUT2D eigenvalue weighted by molar-refractivity contribution is -0.137. The van der Waals surface area contributed by atoms with Gasteiger partial charge in [-0.1, -0.05) is 11.6 Å². The van der Waals surface area contributed by atoms with E-state index in [-0.39, 0.29) is 18.2 Å². The lowest BCUT2D eigenvalue weighted by atomic mass is 9.82. The highest BCUT2D eigenvalue weighted by Crippen LogP contribution is 2.50. The van der Waals surface area contributed by atoms with Crippen LogP contribution >= 0.6 is 11.6 Å². The number of carboxylic acid groups (broad SMARTS) is 1. The summed E-state index contributed by atoms with van der Waals surface area (Å²) in [6, 6.07) is 12.1. The number of carbonyl (C=O) groups is 2. The zero-order chi connectivity index (χ0) is 19.1. The van der Waals surface area contributed by atoms with Crippen molar-refractivity contribution in [2.75, 3.05) is 12.0 Å². The Morgan fingerprint density at radius 1 is 1.19 bits per heavy atom. The van der Waals surface area contributed by atoms with E-state index in [2.05, 4.69) is 0 Å². The number of fused-ring (bicyclic) bond motifs is 1. The number of ether oxygens (including phenoxy) is 1. The average Bonchev–Trinajstić information content (AvgIpc) is 2.81. The molecule has 2 aromatic rings. The SMILES string of the molecule is COc1ccc2c(c1)C(CC(=O)O)C(C)(C)N2C(=O)c1ccc(Cl)cc1. The summed E-state index contributed by atoms with van der Waals surface area (Å²) < 4.78 is 5.29. The number of nitrogens with zero attached hydrogens (tertiary/aromatic N) is 1. The zero-order valence-corrected chi connectivity index (χ0v) is 15.6. The Kier molecular flexibility index (Phi) is 4.67. The molecule has 2 aromatic carbocycles. The first-order valence-corrected chi connectivity index (χ1v) is 8.63. The van der Waals surface area contributed by atoms with Gasteiger partial charge in [-0.05, 0) is 61.9 Å². The fraction of sp³-hybridized carbons (Fsp3) is 0.300. The molecule has 26 heavy (non-hydrogen) atoms. The van der Waals surface area contributed by atoms with Crippen LogP contribution < -0.4 is 9.64 Å².